The van der Waals surface area contributed by atoms with Gasteiger partial charge in [0, 0.05) is 21.7 Å². The summed E-state index contributed by atoms with van der Waals surface area (Å²) in [5.74, 6) is -0.221. The Bertz CT molecular complexity index is 1070. The van der Waals surface area contributed by atoms with Crippen LogP contribution in [0.1, 0.15) is 46.1 Å². The monoisotopic (exact) mass is 422 g/mol. The molecule has 1 N–H and O–H groups in total. The van der Waals surface area contributed by atoms with Crippen LogP contribution in [0.3, 0.4) is 0 Å². The molecule has 0 saturated heterocycles. The first kappa shape index (κ1) is 21.1. The second-order valence-corrected chi connectivity index (χ2v) is 9.00. The van der Waals surface area contributed by atoms with Crippen LogP contribution in [0.15, 0.2) is 57.6 Å². The van der Waals surface area contributed by atoms with Gasteiger partial charge in [-0.05, 0) is 56.3 Å². The number of thiophene rings is 1. The van der Waals surface area contributed by atoms with Crippen LogP contribution in [-0.2, 0) is 4.79 Å². The largest absolute Gasteiger partial charge is 0.353 e. The number of allylic oxidation sites excluding steroid dienone is 3. The van der Waals surface area contributed by atoms with Gasteiger partial charge < -0.3 is 5.32 Å². The molecular weight excluding hydrogens is 400 g/mol. The van der Waals surface area contributed by atoms with Crippen molar-refractivity contribution >= 4 is 34.7 Å². The first-order valence-electron chi connectivity index (χ1n) is 9.23. The molecule has 3 rings (SSSR count). The van der Waals surface area contributed by atoms with Gasteiger partial charge in [0.25, 0.3) is 0 Å². The zero-order valence-corrected chi connectivity index (χ0v) is 18.5. The number of nitrogens with zero attached hydrogens (tertiary/aromatic N) is 1. The summed E-state index contributed by atoms with van der Waals surface area (Å²) in [6.45, 7) is 7.37. The summed E-state index contributed by atoms with van der Waals surface area (Å²) in [5.41, 5.74) is 4.72. The number of Topliss-reactive ketones (excluding diaryl/α,β-unsaturated/α-hetero) is 2. The smallest absolute Gasteiger partial charge is 0.173 e. The Balaban J connectivity index is 1.90. The maximum atomic E-state index is 12.7. The summed E-state index contributed by atoms with van der Waals surface area (Å²) < 4.78 is 0. The lowest BCUT2D eigenvalue weighted by Gasteiger charge is -2.28. The van der Waals surface area contributed by atoms with E-state index in [1.165, 1.54) is 30.0 Å². The van der Waals surface area contributed by atoms with E-state index in [2.05, 4.69) is 11.4 Å². The molecule has 1 aromatic carbocycles. The van der Waals surface area contributed by atoms with Crippen LogP contribution in [0.4, 0.5) is 0 Å². The van der Waals surface area contributed by atoms with Crippen molar-refractivity contribution in [3.05, 3.63) is 79.2 Å². The number of thioether (sulfide) groups is 1. The summed E-state index contributed by atoms with van der Waals surface area (Å²) in [6.07, 6.45) is 0. The van der Waals surface area contributed by atoms with E-state index in [9.17, 15) is 14.9 Å². The van der Waals surface area contributed by atoms with Crippen molar-refractivity contribution in [2.75, 3.05) is 5.75 Å². The predicted octanol–water partition coefficient (Wildman–Crippen LogP) is 5.27. The minimum Gasteiger partial charge on any atom is -0.353 e. The lowest BCUT2D eigenvalue weighted by Crippen LogP contribution is -2.27. The minimum absolute atomic E-state index is 0.0105. The maximum absolute atomic E-state index is 12.7. The Morgan fingerprint density at radius 3 is 2.55 bits per heavy atom. The SMILES string of the molecule is CC(=O)C1=C(C)NC(SCC(=O)c2ccc(C)c(C)c2)=C(C#N)[C@H]1c1cccs1. The highest BCUT2D eigenvalue weighted by atomic mass is 32.2. The zero-order valence-electron chi connectivity index (χ0n) is 16.8. The van der Waals surface area contributed by atoms with Gasteiger partial charge in [-0.2, -0.15) is 5.26 Å². The predicted molar refractivity (Wildman–Crippen MR) is 119 cm³/mol. The molecule has 0 unspecified atom stereocenters. The van der Waals surface area contributed by atoms with Crippen LogP contribution in [-0.4, -0.2) is 17.3 Å². The number of hydrogen-bond donors (Lipinski definition) is 1. The van der Waals surface area contributed by atoms with Gasteiger partial charge in [-0.3, -0.25) is 9.59 Å². The van der Waals surface area contributed by atoms with Gasteiger partial charge in [0.2, 0.25) is 0 Å². The molecule has 29 heavy (non-hydrogen) atoms. The molecule has 0 radical (unpaired) electrons. The van der Waals surface area contributed by atoms with Crippen molar-refractivity contribution in [3.8, 4) is 6.07 Å². The van der Waals surface area contributed by atoms with E-state index in [0.717, 1.165) is 21.7 Å². The van der Waals surface area contributed by atoms with Crippen molar-refractivity contribution in [1.29, 1.82) is 5.26 Å². The third kappa shape index (κ3) is 4.36. The fourth-order valence-corrected chi connectivity index (χ4v) is 5.20. The average molecular weight is 423 g/mol. The number of rotatable bonds is 6. The van der Waals surface area contributed by atoms with Gasteiger partial charge in [-0.1, -0.05) is 30.0 Å². The Kier molecular flexibility index (Phi) is 6.41. The standard InChI is InChI=1S/C23H22N2O2S2/c1-13-7-8-17(10-14(13)2)19(27)12-29-23-18(11-24)22(20-6-5-9-28-20)21(16(4)26)15(3)25-23/h5-10,22,25H,12H2,1-4H3/t22-/m0/s1. The highest BCUT2D eigenvalue weighted by molar-refractivity contribution is 8.03. The molecular formula is C23H22N2O2S2. The fourth-order valence-electron chi connectivity index (χ4n) is 3.37. The van der Waals surface area contributed by atoms with Crippen molar-refractivity contribution in [2.45, 2.75) is 33.6 Å². The highest BCUT2D eigenvalue weighted by Gasteiger charge is 2.33. The van der Waals surface area contributed by atoms with E-state index in [1.54, 1.807) is 0 Å². The van der Waals surface area contributed by atoms with E-state index < -0.39 is 5.92 Å². The van der Waals surface area contributed by atoms with Gasteiger partial charge in [0.05, 0.1) is 28.3 Å². The van der Waals surface area contributed by atoms with E-state index in [1.807, 2.05) is 56.5 Å². The topological polar surface area (TPSA) is 70.0 Å². The number of nitriles is 1. The molecule has 1 aliphatic heterocycles. The van der Waals surface area contributed by atoms with E-state index >= 15 is 0 Å². The van der Waals surface area contributed by atoms with Crippen molar-refractivity contribution < 1.29 is 9.59 Å². The molecule has 2 heterocycles. The van der Waals surface area contributed by atoms with Gasteiger partial charge >= 0.3 is 0 Å². The first-order chi connectivity index (χ1) is 13.8. The van der Waals surface area contributed by atoms with Crippen LogP contribution in [0.25, 0.3) is 0 Å². The second kappa shape index (κ2) is 8.81. The molecule has 0 amide bonds. The third-order valence-corrected chi connectivity index (χ3v) is 6.99. The Morgan fingerprint density at radius 1 is 1.21 bits per heavy atom. The molecule has 6 heteroatoms. The van der Waals surface area contributed by atoms with E-state index in [4.69, 9.17) is 0 Å². The van der Waals surface area contributed by atoms with Gasteiger partial charge in [-0.15, -0.1) is 11.3 Å². The Morgan fingerprint density at radius 2 is 1.97 bits per heavy atom. The fraction of sp³-hybridized carbons (Fsp3) is 0.261. The zero-order chi connectivity index (χ0) is 21.1. The molecule has 1 atom stereocenters. The van der Waals surface area contributed by atoms with Gasteiger partial charge in [0.15, 0.2) is 11.6 Å². The highest BCUT2D eigenvalue weighted by Crippen LogP contribution is 2.42. The molecule has 1 aliphatic rings. The molecule has 0 aliphatic carbocycles. The van der Waals surface area contributed by atoms with E-state index in [0.29, 0.717) is 21.7 Å². The number of carbonyl (C=O) groups excluding carboxylic acids is 2. The van der Waals surface area contributed by atoms with E-state index in [-0.39, 0.29) is 17.3 Å². The van der Waals surface area contributed by atoms with Crippen molar-refractivity contribution in [2.24, 2.45) is 0 Å². The van der Waals surface area contributed by atoms with Crippen molar-refractivity contribution in [3.63, 3.8) is 0 Å². The van der Waals surface area contributed by atoms with Crippen LogP contribution in [0, 0.1) is 25.2 Å². The second-order valence-electron chi connectivity index (χ2n) is 7.03. The first-order valence-corrected chi connectivity index (χ1v) is 11.1. The number of nitrogens with one attached hydrogen (secondary N) is 1. The summed E-state index contributed by atoms with van der Waals surface area (Å²) in [7, 11) is 0. The number of aryl methyl sites for hydroxylation is 2. The van der Waals surface area contributed by atoms with Crippen molar-refractivity contribution in [1.82, 2.24) is 5.32 Å². The number of dihydropyridines is 1. The Hall–Kier alpha value is -2.62. The number of hydrogen-bond acceptors (Lipinski definition) is 6. The molecule has 2 aromatic rings. The lowest BCUT2D eigenvalue weighted by molar-refractivity contribution is -0.113. The molecule has 1 aromatic heterocycles. The van der Waals surface area contributed by atoms with Crippen LogP contribution >= 0.6 is 23.1 Å². The third-order valence-electron chi connectivity index (χ3n) is 5.03. The molecule has 0 saturated carbocycles. The maximum Gasteiger partial charge on any atom is 0.173 e. The molecule has 0 fully saturated rings. The molecule has 0 bridgehead atoms. The average Bonchev–Trinajstić information content (AvgIpc) is 3.21. The quantitative estimate of drug-likeness (QED) is 0.643. The van der Waals surface area contributed by atoms with Crippen LogP contribution in [0.2, 0.25) is 0 Å². The lowest BCUT2D eigenvalue weighted by atomic mass is 9.85. The summed E-state index contributed by atoms with van der Waals surface area (Å²) in [4.78, 5) is 25.9. The summed E-state index contributed by atoms with van der Waals surface area (Å²) in [6, 6.07) is 11.8. The van der Waals surface area contributed by atoms with Gasteiger partial charge in [-0.25, -0.2) is 0 Å². The van der Waals surface area contributed by atoms with Gasteiger partial charge in [0.1, 0.15) is 0 Å². The normalized spacial score (nSPS) is 16.4. The summed E-state index contributed by atoms with van der Waals surface area (Å²) in [5, 5.41) is 15.7. The number of ketones is 2. The Labute approximate surface area is 179 Å². The number of carbonyl (C=O) groups is 2. The van der Waals surface area contributed by atoms with Crippen LogP contribution in [0.5, 0.6) is 0 Å². The van der Waals surface area contributed by atoms with Crippen LogP contribution < -0.4 is 5.32 Å². The molecule has 148 valence electrons. The number of benzene rings is 1. The molecule has 4 nitrogen and oxygen atoms in total. The minimum atomic E-state index is -0.391. The molecule has 0 spiro atoms. The summed E-state index contributed by atoms with van der Waals surface area (Å²) >= 11 is 2.84.